The van der Waals surface area contributed by atoms with E-state index in [0.29, 0.717) is 5.92 Å². The molecular weight excluding hydrogens is 707 g/mol. The zero-order chi connectivity index (χ0) is 37.9. The van der Waals surface area contributed by atoms with Crippen LogP contribution in [0.4, 0.5) is 11.4 Å². The quantitative estimate of drug-likeness (QED) is 0.180. The van der Waals surface area contributed by atoms with E-state index in [4.69, 9.17) is 4.42 Å². The van der Waals surface area contributed by atoms with Crippen LogP contribution in [0.5, 0.6) is 0 Å². The van der Waals surface area contributed by atoms with Gasteiger partial charge in [-0.1, -0.05) is 121 Å². The van der Waals surface area contributed by atoms with Crippen molar-refractivity contribution >= 4 is 76.9 Å². The van der Waals surface area contributed by atoms with Gasteiger partial charge in [0.25, 0.3) is 0 Å². The highest BCUT2D eigenvalue weighted by molar-refractivity contribution is 6.17. The number of fused-ring (bicyclic) bond motifs is 12. The monoisotopic (exact) mass is 741 g/mol. The van der Waals surface area contributed by atoms with Crippen molar-refractivity contribution in [3.05, 3.63) is 205 Å². The number of hydrogen-bond acceptors (Lipinski definition) is 2. The lowest BCUT2D eigenvalue weighted by molar-refractivity contribution is 0.670. The van der Waals surface area contributed by atoms with E-state index in [0.717, 1.165) is 61.9 Å². The van der Waals surface area contributed by atoms with Gasteiger partial charge >= 0.3 is 0 Å². The molecule has 13 rings (SSSR count). The fourth-order valence-electron chi connectivity index (χ4n) is 10.1. The predicted molar refractivity (Wildman–Crippen MR) is 241 cm³/mol. The molecule has 58 heavy (non-hydrogen) atoms. The fraction of sp³-hybridized carbons (Fsp3) is 0.0370. The minimum atomic E-state index is 0.382. The third kappa shape index (κ3) is 4.34. The van der Waals surface area contributed by atoms with Gasteiger partial charge in [-0.05, 0) is 90.4 Å². The Morgan fingerprint density at radius 1 is 0.483 bits per heavy atom. The Balaban J connectivity index is 1.05. The number of benzene rings is 8. The van der Waals surface area contributed by atoms with Gasteiger partial charge in [0.15, 0.2) is 0 Å². The van der Waals surface area contributed by atoms with Crippen molar-refractivity contribution in [3.63, 3.8) is 0 Å². The highest BCUT2D eigenvalue weighted by Gasteiger charge is 2.34. The Morgan fingerprint density at radius 3 is 2.05 bits per heavy atom. The molecule has 0 radical (unpaired) electrons. The van der Waals surface area contributed by atoms with Crippen LogP contribution in [0, 0.1) is 0 Å². The molecule has 1 atom stereocenters. The largest absolute Gasteiger partial charge is 0.455 e. The molecule has 0 bridgehead atoms. The van der Waals surface area contributed by atoms with E-state index in [-0.39, 0.29) is 0 Å². The number of rotatable bonds is 4. The molecular formula is C54H35N3O. The Labute approximate surface area is 334 Å². The molecule has 4 heteroatoms. The van der Waals surface area contributed by atoms with Crippen LogP contribution >= 0.6 is 0 Å². The van der Waals surface area contributed by atoms with Gasteiger partial charge in [-0.15, -0.1) is 0 Å². The molecule has 0 fully saturated rings. The van der Waals surface area contributed by atoms with Crippen LogP contribution < -0.4 is 4.90 Å². The van der Waals surface area contributed by atoms with Gasteiger partial charge in [0.1, 0.15) is 11.2 Å². The number of nitrogens with zero attached hydrogens (tertiary/aromatic N) is 3. The Morgan fingerprint density at radius 2 is 1.17 bits per heavy atom. The molecule has 1 aliphatic carbocycles. The Bertz CT molecular complexity index is 3560. The van der Waals surface area contributed by atoms with Crippen LogP contribution in [0.1, 0.15) is 17.9 Å². The first-order chi connectivity index (χ1) is 28.8. The molecule has 0 amide bonds. The van der Waals surface area contributed by atoms with Gasteiger partial charge in [-0.2, -0.15) is 0 Å². The van der Waals surface area contributed by atoms with Crippen molar-refractivity contribution in [3.8, 4) is 22.5 Å². The van der Waals surface area contributed by atoms with Gasteiger partial charge in [-0.3, -0.25) is 0 Å². The molecule has 4 nitrogen and oxygen atoms in total. The number of aromatic nitrogens is 2. The predicted octanol–water partition coefficient (Wildman–Crippen LogP) is 14.5. The van der Waals surface area contributed by atoms with E-state index in [1.807, 2.05) is 0 Å². The number of hydrogen-bond donors (Lipinski definition) is 0. The van der Waals surface area contributed by atoms with Gasteiger partial charge in [0.2, 0.25) is 0 Å². The van der Waals surface area contributed by atoms with E-state index >= 15 is 0 Å². The molecule has 3 aromatic heterocycles. The lowest BCUT2D eigenvalue weighted by Crippen LogP contribution is -2.14. The highest BCUT2D eigenvalue weighted by atomic mass is 16.3. The molecule has 272 valence electrons. The van der Waals surface area contributed by atoms with Crippen LogP contribution in [-0.4, -0.2) is 9.13 Å². The van der Waals surface area contributed by atoms with E-state index in [1.165, 1.54) is 55.2 Å². The smallest absolute Gasteiger partial charge is 0.145 e. The first-order valence-corrected chi connectivity index (χ1v) is 20.1. The molecule has 0 N–H and O–H groups in total. The summed E-state index contributed by atoms with van der Waals surface area (Å²) in [5.41, 5.74) is 16.1. The maximum absolute atomic E-state index is 6.75. The molecule has 11 aromatic rings. The molecule has 8 aromatic carbocycles. The van der Waals surface area contributed by atoms with E-state index < -0.39 is 0 Å². The topological polar surface area (TPSA) is 26.2 Å². The minimum Gasteiger partial charge on any atom is -0.455 e. The van der Waals surface area contributed by atoms with Gasteiger partial charge in [0.05, 0.1) is 33.1 Å². The summed E-state index contributed by atoms with van der Waals surface area (Å²) in [7, 11) is 0. The van der Waals surface area contributed by atoms with Crippen LogP contribution in [0.3, 0.4) is 0 Å². The minimum absolute atomic E-state index is 0.382. The van der Waals surface area contributed by atoms with Crippen molar-refractivity contribution in [2.45, 2.75) is 12.3 Å². The Hall–Kier alpha value is -7.56. The van der Waals surface area contributed by atoms with E-state index in [2.05, 4.69) is 208 Å². The van der Waals surface area contributed by atoms with Crippen LogP contribution in [0.15, 0.2) is 204 Å². The lowest BCUT2D eigenvalue weighted by atomic mass is 9.92. The van der Waals surface area contributed by atoms with Gasteiger partial charge in [0, 0.05) is 61.2 Å². The van der Waals surface area contributed by atoms with Crippen LogP contribution in [0.25, 0.3) is 88.1 Å². The zero-order valence-corrected chi connectivity index (χ0v) is 31.5. The van der Waals surface area contributed by atoms with Crippen molar-refractivity contribution in [1.82, 2.24) is 9.13 Å². The van der Waals surface area contributed by atoms with Crippen molar-refractivity contribution in [2.24, 2.45) is 0 Å². The number of allylic oxidation sites excluding steroid dienone is 4. The maximum Gasteiger partial charge on any atom is 0.145 e. The van der Waals surface area contributed by atoms with Crippen molar-refractivity contribution in [1.29, 1.82) is 0 Å². The summed E-state index contributed by atoms with van der Waals surface area (Å²) in [6.07, 6.45) is 7.83. The van der Waals surface area contributed by atoms with Gasteiger partial charge < -0.3 is 18.5 Å². The fourth-order valence-corrected chi connectivity index (χ4v) is 10.1. The van der Waals surface area contributed by atoms with E-state index in [1.54, 1.807) is 0 Å². The second kappa shape index (κ2) is 12.0. The zero-order valence-electron chi connectivity index (χ0n) is 31.5. The summed E-state index contributed by atoms with van der Waals surface area (Å²) < 4.78 is 11.6. The maximum atomic E-state index is 6.75. The Kier molecular flexibility index (Phi) is 6.53. The molecule has 2 aliphatic rings. The normalized spacial score (nSPS) is 15.0. The summed E-state index contributed by atoms with van der Waals surface area (Å²) >= 11 is 0. The van der Waals surface area contributed by atoms with Crippen LogP contribution in [-0.2, 0) is 0 Å². The summed E-state index contributed by atoms with van der Waals surface area (Å²) in [6.45, 7) is 0. The summed E-state index contributed by atoms with van der Waals surface area (Å²) in [6, 6.07) is 64.1. The SMILES string of the molecule is C1=CCC2C(=C1)N(c1ccc3c(c1)c1ccccc1n3-c1ccc3c4ccccc4n(-c4ccc(-c5ccccc5)c5oc6ccccc6c45)c3c1)c1ccccc12. The highest BCUT2D eigenvalue weighted by Crippen LogP contribution is 2.51. The molecule has 0 saturated carbocycles. The van der Waals surface area contributed by atoms with Gasteiger partial charge in [-0.25, -0.2) is 0 Å². The van der Waals surface area contributed by atoms with Crippen molar-refractivity contribution < 1.29 is 4.42 Å². The molecule has 4 heterocycles. The first kappa shape index (κ1) is 31.6. The summed E-state index contributed by atoms with van der Waals surface area (Å²) in [5.74, 6) is 0.382. The average molecular weight is 742 g/mol. The summed E-state index contributed by atoms with van der Waals surface area (Å²) in [5, 5.41) is 7.14. The molecule has 1 unspecified atom stereocenters. The van der Waals surface area contributed by atoms with Crippen molar-refractivity contribution in [2.75, 3.05) is 4.90 Å². The lowest BCUT2D eigenvalue weighted by Gasteiger charge is -2.24. The second-order valence-electron chi connectivity index (χ2n) is 15.6. The van der Waals surface area contributed by atoms with E-state index in [9.17, 15) is 0 Å². The molecule has 0 spiro atoms. The molecule has 1 aliphatic heterocycles. The third-order valence-corrected chi connectivity index (χ3v) is 12.6. The third-order valence-electron chi connectivity index (χ3n) is 12.6. The molecule has 0 saturated heterocycles. The second-order valence-corrected chi connectivity index (χ2v) is 15.6. The standard InChI is InChI=1S/C54H35N3O/c1-2-14-34(15-3-1)37-29-31-50(53-43-20-8-13-25-52(43)58-54(37)53)57-48-24-12-6-18-40(48)42-28-26-36(33-51(42)57)56-47-23-11-7-19-41(47)44-32-35(27-30-49(44)56)55-45-21-9-4-16-38(45)39-17-5-10-22-46(39)55/h1-16,18-33,39H,17H2. The average Bonchev–Trinajstić information content (AvgIpc) is 4.03. The number of para-hydroxylation sites is 4. The summed E-state index contributed by atoms with van der Waals surface area (Å²) in [4.78, 5) is 2.48. The van der Waals surface area contributed by atoms with Crippen LogP contribution in [0.2, 0.25) is 0 Å². The first-order valence-electron chi connectivity index (χ1n) is 20.1. The number of furan rings is 1. The number of anilines is 2.